The van der Waals surface area contributed by atoms with Crippen molar-refractivity contribution in [2.24, 2.45) is 5.92 Å². The number of likely N-dealkylation sites (tertiary alicyclic amines) is 1. The molecular weight excluding hydrogens is 649 g/mol. The van der Waals surface area contributed by atoms with E-state index in [1.165, 1.54) is 25.3 Å². The van der Waals surface area contributed by atoms with Gasteiger partial charge in [-0.1, -0.05) is 0 Å². The predicted molar refractivity (Wildman–Crippen MR) is 170 cm³/mol. The molecule has 4 aromatic heterocycles. The molecule has 5 atom stereocenters. The fraction of sp³-hybridized carbons (Fsp3) is 0.424. The van der Waals surface area contributed by atoms with E-state index < -0.39 is 46.7 Å². The van der Waals surface area contributed by atoms with Crippen LogP contribution in [0.2, 0.25) is 0 Å². The number of ether oxygens (including phenoxy) is 2. The number of nitrogens with one attached hydrogen (secondary N) is 1. The number of fused-ring (bicyclic) bond motifs is 2. The zero-order chi connectivity index (χ0) is 34.5. The van der Waals surface area contributed by atoms with Gasteiger partial charge in [-0.25, -0.2) is 18.7 Å². The van der Waals surface area contributed by atoms with Crippen molar-refractivity contribution >= 4 is 33.4 Å². The Hall–Kier alpha value is -4.86. The molecule has 11 nitrogen and oxygen atoms in total. The van der Waals surface area contributed by atoms with E-state index in [1.807, 2.05) is 14.0 Å². The molecule has 0 radical (unpaired) electrons. The van der Waals surface area contributed by atoms with Crippen molar-refractivity contribution in [3.63, 3.8) is 0 Å². The fourth-order valence-corrected chi connectivity index (χ4v) is 7.59. The second-order valence-corrected chi connectivity index (χ2v) is 13.2. The van der Waals surface area contributed by atoms with Crippen LogP contribution in [0.3, 0.4) is 0 Å². The van der Waals surface area contributed by atoms with Gasteiger partial charge < -0.3 is 20.1 Å². The Kier molecular flexibility index (Phi) is 7.10. The number of nitrogens with zero attached hydrogens (tertiary/aromatic N) is 7. The number of aromatic nitrogens is 6. The van der Waals surface area contributed by atoms with E-state index in [0.717, 1.165) is 19.0 Å². The average Bonchev–Trinajstić information content (AvgIpc) is 3.59. The second kappa shape index (κ2) is 11.1. The summed E-state index contributed by atoms with van der Waals surface area (Å²) < 4.78 is 87.8. The van der Waals surface area contributed by atoms with Gasteiger partial charge in [0.25, 0.3) is 0 Å². The number of H-pyrrole nitrogens is 1. The van der Waals surface area contributed by atoms with Crippen LogP contribution in [0.5, 0.6) is 11.9 Å². The van der Waals surface area contributed by atoms with Gasteiger partial charge in [0.2, 0.25) is 5.88 Å². The van der Waals surface area contributed by atoms with Crippen molar-refractivity contribution < 1.29 is 31.4 Å². The Labute approximate surface area is 276 Å². The lowest BCUT2D eigenvalue weighted by Crippen LogP contribution is -2.39. The summed E-state index contributed by atoms with van der Waals surface area (Å²) >= 11 is 0. The lowest BCUT2D eigenvalue weighted by molar-refractivity contribution is -0.137. The van der Waals surface area contributed by atoms with E-state index in [0.29, 0.717) is 17.5 Å². The van der Waals surface area contributed by atoms with E-state index in [2.05, 4.69) is 30.0 Å². The van der Waals surface area contributed by atoms with Gasteiger partial charge in [0.15, 0.2) is 5.82 Å². The van der Waals surface area contributed by atoms with E-state index in [9.17, 15) is 17.6 Å². The van der Waals surface area contributed by atoms with E-state index in [4.69, 9.17) is 20.2 Å². The Bertz CT molecular complexity index is 2140. The summed E-state index contributed by atoms with van der Waals surface area (Å²) in [5.74, 6) is -1.06. The molecule has 1 aliphatic carbocycles. The number of nitrogen functional groups attached to an aromatic ring is 1. The van der Waals surface area contributed by atoms with E-state index in [1.54, 1.807) is 11.8 Å². The molecule has 6 heterocycles. The SMILES string of the molecule is Cc1cc2[nH]ncc2c(-c2nc3c4c(nc(OCC5CC6CC6N5C)nc4c2F)N(C(C)c2cc(F)cnc2N)[C@@H](C)CO3)c1C(F)(F)F. The van der Waals surface area contributed by atoms with Crippen LogP contribution in [0, 0.1) is 24.5 Å². The molecule has 3 aliphatic rings. The number of rotatable bonds is 6. The molecule has 1 aromatic carbocycles. The number of likely N-dealkylation sites (N-methyl/N-ethyl adjacent to an activating group) is 1. The van der Waals surface area contributed by atoms with Crippen LogP contribution in [0.4, 0.5) is 33.6 Å². The monoisotopic (exact) mass is 681 g/mol. The van der Waals surface area contributed by atoms with Gasteiger partial charge in [0, 0.05) is 28.6 Å². The van der Waals surface area contributed by atoms with Crippen molar-refractivity contribution in [2.45, 2.75) is 64.0 Å². The van der Waals surface area contributed by atoms with Gasteiger partial charge in [-0.05, 0) is 64.3 Å². The Morgan fingerprint density at radius 1 is 1.14 bits per heavy atom. The molecule has 3 N–H and O–H groups in total. The number of pyridine rings is 2. The summed E-state index contributed by atoms with van der Waals surface area (Å²) in [7, 11) is 2.03. The third-order valence-electron chi connectivity index (χ3n) is 10.1. The van der Waals surface area contributed by atoms with Crippen LogP contribution in [-0.2, 0) is 6.18 Å². The van der Waals surface area contributed by atoms with E-state index in [-0.39, 0.29) is 70.2 Å². The quantitative estimate of drug-likeness (QED) is 0.207. The van der Waals surface area contributed by atoms with Crippen LogP contribution in [0.25, 0.3) is 33.1 Å². The van der Waals surface area contributed by atoms with Crippen LogP contribution in [-0.4, -0.2) is 73.4 Å². The van der Waals surface area contributed by atoms with Gasteiger partial charge in [-0.2, -0.15) is 28.2 Å². The zero-order valence-electron chi connectivity index (χ0n) is 26.9. The fourth-order valence-electron chi connectivity index (χ4n) is 7.59. The third-order valence-corrected chi connectivity index (χ3v) is 10.1. The van der Waals surface area contributed by atoms with Crippen LogP contribution in [0.1, 0.15) is 49.4 Å². The molecule has 1 saturated heterocycles. The predicted octanol–water partition coefficient (Wildman–Crippen LogP) is 5.97. The number of nitrogens with two attached hydrogens (primary N) is 1. The van der Waals surface area contributed by atoms with Crippen molar-refractivity contribution in [2.75, 3.05) is 30.9 Å². The minimum Gasteiger partial charge on any atom is -0.475 e. The second-order valence-electron chi connectivity index (χ2n) is 13.2. The highest BCUT2D eigenvalue weighted by Gasteiger charge is 2.50. The molecule has 49 heavy (non-hydrogen) atoms. The molecule has 8 rings (SSSR count). The van der Waals surface area contributed by atoms with Crippen molar-refractivity contribution in [3.8, 4) is 23.1 Å². The molecule has 2 aliphatic heterocycles. The van der Waals surface area contributed by atoms with Crippen LogP contribution < -0.4 is 20.1 Å². The lowest BCUT2D eigenvalue weighted by Gasteiger charge is -2.35. The highest BCUT2D eigenvalue weighted by atomic mass is 19.4. The summed E-state index contributed by atoms with van der Waals surface area (Å²) in [6, 6.07) is 1.81. The lowest BCUT2D eigenvalue weighted by atomic mass is 9.94. The number of benzene rings is 1. The van der Waals surface area contributed by atoms with Crippen molar-refractivity contribution in [1.29, 1.82) is 0 Å². The first-order chi connectivity index (χ1) is 23.3. The molecule has 5 aromatic rings. The smallest absolute Gasteiger partial charge is 0.417 e. The maximum atomic E-state index is 17.1. The molecule has 0 amide bonds. The number of piperidine rings is 1. The first-order valence-corrected chi connectivity index (χ1v) is 15.9. The summed E-state index contributed by atoms with van der Waals surface area (Å²) in [6.07, 6.45) is -0.579. The molecule has 0 bridgehead atoms. The van der Waals surface area contributed by atoms with Gasteiger partial charge >= 0.3 is 12.2 Å². The summed E-state index contributed by atoms with van der Waals surface area (Å²) in [4.78, 5) is 21.6. The van der Waals surface area contributed by atoms with E-state index >= 15 is 4.39 Å². The summed E-state index contributed by atoms with van der Waals surface area (Å²) in [6.45, 7) is 5.05. The maximum absolute atomic E-state index is 17.1. The summed E-state index contributed by atoms with van der Waals surface area (Å²) in [5, 5.41) is 6.65. The number of aromatic amines is 1. The normalized spacial score (nSPS) is 22.7. The number of alkyl halides is 3. The van der Waals surface area contributed by atoms with Crippen molar-refractivity contribution in [3.05, 3.63) is 52.9 Å². The highest BCUT2D eigenvalue weighted by molar-refractivity contribution is 6.02. The van der Waals surface area contributed by atoms with Crippen LogP contribution in [0.15, 0.2) is 24.5 Å². The molecule has 0 spiro atoms. The van der Waals surface area contributed by atoms with Gasteiger partial charge in [0.05, 0.1) is 35.6 Å². The molecule has 1 saturated carbocycles. The Morgan fingerprint density at radius 3 is 2.67 bits per heavy atom. The molecule has 2 fully saturated rings. The standard InChI is InChI=1S/C33H32F5N9O2/c1-13-5-21-20(10-41-45-21)23(25(13)33(36,37)38)27-26(35)28-24-30(44-32(43-28)49-12-18-6-16-7-22(16)46(18)4)47(14(2)11-48-31(24)42-27)15(3)19-8-17(34)9-40-29(19)39/h5,8-10,14-16,18,22H,6-7,11-12H2,1-4H3,(H2,39,40)(H,41,45)/t14-,15?,16?,18?,22?/m0/s1. The van der Waals surface area contributed by atoms with Gasteiger partial charge in [-0.15, -0.1) is 0 Å². The summed E-state index contributed by atoms with van der Waals surface area (Å²) in [5.41, 5.74) is 4.16. The minimum absolute atomic E-state index is 0.0239. The van der Waals surface area contributed by atoms with Gasteiger partial charge in [-0.3, -0.25) is 10.00 Å². The maximum Gasteiger partial charge on any atom is 0.417 e. The Balaban J connectivity index is 1.36. The number of anilines is 2. The average molecular weight is 682 g/mol. The third kappa shape index (κ3) is 5.06. The topological polar surface area (TPSA) is 131 Å². The zero-order valence-corrected chi connectivity index (χ0v) is 26.9. The molecular formula is C33H32F5N9O2. The largest absolute Gasteiger partial charge is 0.475 e. The van der Waals surface area contributed by atoms with Crippen molar-refractivity contribution in [1.82, 2.24) is 35.0 Å². The first kappa shape index (κ1) is 31.4. The number of halogens is 5. The molecule has 256 valence electrons. The first-order valence-electron chi connectivity index (χ1n) is 15.9. The minimum atomic E-state index is -4.86. The van der Waals surface area contributed by atoms with Crippen LogP contribution >= 0.6 is 0 Å². The highest BCUT2D eigenvalue weighted by Crippen LogP contribution is 2.49. The molecule has 16 heteroatoms. The number of hydrogen-bond acceptors (Lipinski definition) is 10. The number of hydrogen-bond donors (Lipinski definition) is 2. The Morgan fingerprint density at radius 2 is 1.94 bits per heavy atom. The van der Waals surface area contributed by atoms with Gasteiger partial charge in [0.1, 0.15) is 47.3 Å². The molecule has 4 unspecified atom stereocenters. The number of aryl methyl sites for hydroxylation is 1.